The van der Waals surface area contributed by atoms with Crippen LogP contribution in [0.25, 0.3) is 17.1 Å². The van der Waals surface area contributed by atoms with Gasteiger partial charge in [-0.3, -0.25) is 0 Å². The third-order valence-corrected chi connectivity index (χ3v) is 4.21. The van der Waals surface area contributed by atoms with Gasteiger partial charge in [0.05, 0.1) is 23.7 Å². The molecule has 1 fully saturated rings. The van der Waals surface area contributed by atoms with E-state index in [9.17, 15) is 4.79 Å². The minimum atomic E-state index is -0.365. The Morgan fingerprint density at radius 2 is 2.24 bits per heavy atom. The molecule has 0 aliphatic heterocycles. The van der Waals surface area contributed by atoms with Crippen LogP contribution < -0.4 is 5.73 Å². The van der Waals surface area contributed by atoms with Crippen molar-refractivity contribution in [2.45, 2.75) is 24.8 Å². The average molecular weight is 285 g/mol. The summed E-state index contributed by atoms with van der Waals surface area (Å²) >= 11 is 0. The van der Waals surface area contributed by atoms with E-state index in [-0.39, 0.29) is 11.5 Å². The Morgan fingerprint density at radius 3 is 2.86 bits per heavy atom. The van der Waals surface area contributed by atoms with Gasteiger partial charge in [0.15, 0.2) is 0 Å². The maximum atomic E-state index is 11.2. The fourth-order valence-corrected chi connectivity index (χ4v) is 2.77. The molecule has 0 saturated heterocycles. The molecule has 2 N–H and O–H groups in total. The largest absolute Gasteiger partial charge is 0.466 e. The number of imidazole rings is 1. The third kappa shape index (κ3) is 2.34. The van der Waals surface area contributed by atoms with Crippen LogP contribution in [-0.2, 0) is 22.1 Å². The predicted molar refractivity (Wildman–Crippen MR) is 81.5 cm³/mol. The molecule has 110 valence electrons. The lowest BCUT2D eigenvalue weighted by Crippen LogP contribution is -2.45. The van der Waals surface area contributed by atoms with Crippen molar-refractivity contribution in [1.29, 1.82) is 0 Å². The minimum absolute atomic E-state index is 0.282. The molecule has 5 nitrogen and oxygen atoms in total. The molecule has 5 heteroatoms. The second kappa shape index (κ2) is 5.00. The van der Waals surface area contributed by atoms with Gasteiger partial charge >= 0.3 is 5.97 Å². The Hall–Kier alpha value is -2.14. The van der Waals surface area contributed by atoms with Crippen LogP contribution in [0.15, 0.2) is 24.3 Å². The summed E-state index contributed by atoms with van der Waals surface area (Å²) in [5.74, 6) is 0.578. The molecule has 1 heterocycles. The smallest absolute Gasteiger partial charge is 0.330 e. The van der Waals surface area contributed by atoms with Crippen LogP contribution in [0.1, 0.15) is 30.7 Å². The molecule has 1 aromatic carbocycles. The van der Waals surface area contributed by atoms with Crippen LogP contribution in [0, 0.1) is 0 Å². The summed E-state index contributed by atoms with van der Waals surface area (Å²) in [6, 6.07) is 5.90. The normalized spacial score (nSPS) is 17.1. The Balaban J connectivity index is 2.00. The maximum Gasteiger partial charge on any atom is 0.330 e. The number of carbonyl (C=O) groups is 1. The second-order valence-electron chi connectivity index (χ2n) is 5.61. The number of esters is 1. The number of ether oxygens (including phenoxy) is 1. The zero-order valence-corrected chi connectivity index (χ0v) is 12.3. The highest BCUT2D eigenvalue weighted by Gasteiger charge is 2.38. The van der Waals surface area contributed by atoms with Crippen molar-refractivity contribution in [2.75, 3.05) is 7.11 Å². The molecule has 0 bridgehead atoms. The molecule has 0 amide bonds. The highest BCUT2D eigenvalue weighted by atomic mass is 16.5. The van der Waals surface area contributed by atoms with Gasteiger partial charge in [0.25, 0.3) is 0 Å². The lowest BCUT2D eigenvalue weighted by molar-refractivity contribution is -0.134. The molecule has 1 saturated carbocycles. The van der Waals surface area contributed by atoms with Gasteiger partial charge in [0.1, 0.15) is 5.82 Å². The van der Waals surface area contributed by atoms with Crippen molar-refractivity contribution in [2.24, 2.45) is 12.8 Å². The standard InChI is InChI=1S/C16H19N3O2/c1-19-13-10-11(5-7-14(20)21-2)4-6-12(13)18-15(19)16(17)8-3-9-16/h4-7,10H,3,8-9,17H2,1-2H3/b7-5+. The average Bonchev–Trinajstić information content (AvgIpc) is 2.79. The van der Waals surface area contributed by atoms with Crippen LogP contribution in [0.5, 0.6) is 0 Å². The summed E-state index contributed by atoms with van der Waals surface area (Å²) in [7, 11) is 3.36. The number of nitrogens with zero attached hydrogens (tertiary/aromatic N) is 2. The molecule has 1 aliphatic carbocycles. The van der Waals surface area contributed by atoms with Crippen molar-refractivity contribution in [1.82, 2.24) is 9.55 Å². The van der Waals surface area contributed by atoms with E-state index in [1.54, 1.807) is 6.08 Å². The summed E-state index contributed by atoms with van der Waals surface area (Å²) in [5.41, 5.74) is 8.99. The molecular formula is C16H19N3O2. The van der Waals surface area contributed by atoms with Crippen LogP contribution in [0.2, 0.25) is 0 Å². The van der Waals surface area contributed by atoms with Gasteiger partial charge in [-0.05, 0) is 43.0 Å². The summed E-state index contributed by atoms with van der Waals surface area (Å²) in [6.45, 7) is 0. The molecule has 0 atom stereocenters. The number of rotatable bonds is 3. The molecule has 1 aromatic heterocycles. The van der Waals surface area contributed by atoms with Gasteiger partial charge in [-0.1, -0.05) is 6.07 Å². The fraction of sp³-hybridized carbons (Fsp3) is 0.375. The van der Waals surface area contributed by atoms with Crippen LogP contribution in [-0.4, -0.2) is 22.6 Å². The quantitative estimate of drug-likeness (QED) is 0.692. The molecule has 0 spiro atoms. The highest BCUT2D eigenvalue weighted by Crippen LogP contribution is 2.39. The van der Waals surface area contributed by atoms with Crippen LogP contribution in [0.3, 0.4) is 0 Å². The van der Waals surface area contributed by atoms with Gasteiger partial charge in [0, 0.05) is 13.1 Å². The monoisotopic (exact) mass is 285 g/mol. The first-order valence-corrected chi connectivity index (χ1v) is 7.05. The topological polar surface area (TPSA) is 70.1 Å². The number of methoxy groups -OCH3 is 1. The van der Waals surface area contributed by atoms with E-state index in [2.05, 4.69) is 14.3 Å². The number of nitrogens with two attached hydrogens (primary N) is 1. The summed E-state index contributed by atoms with van der Waals surface area (Å²) < 4.78 is 6.65. The van der Waals surface area contributed by atoms with Crippen LogP contribution in [0.4, 0.5) is 0 Å². The molecule has 0 radical (unpaired) electrons. The van der Waals surface area contributed by atoms with Gasteiger partial charge in [-0.2, -0.15) is 0 Å². The Kier molecular flexibility index (Phi) is 3.29. The van der Waals surface area contributed by atoms with E-state index in [1.807, 2.05) is 25.2 Å². The van der Waals surface area contributed by atoms with E-state index >= 15 is 0 Å². The van der Waals surface area contributed by atoms with E-state index in [0.29, 0.717) is 0 Å². The SMILES string of the molecule is COC(=O)/C=C/c1ccc2nc(C3(N)CCC3)n(C)c2c1. The van der Waals surface area contributed by atoms with Crippen molar-refractivity contribution < 1.29 is 9.53 Å². The highest BCUT2D eigenvalue weighted by molar-refractivity contribution is 5.88. The Morgan fingerprint density at radius 1 is 1.48 bits per heavy atom. The molecule has 2 aromatic rings. The zero-order valence-electron chi connectivity index (χ0n) is 12.3. The van der Waals surface area contributed by atoms with E-state index in [1.165, 1.54) is 13.2 Å². The lowest BCUT2D eigenvalue weighted by Gasteiger charge is -2.37. The lowest BCUT2D eigenvalue weighted by atomic mass is 9.77. The summed E-state index contributed by atoms with van der Waals surface area (Å²) in [6.07, 6.45) is 6.28. The number of fused-ring (bicyclic) bond motifs is 1. The fourth-order valence-electron chi connectivity index (χ4n) is 2.77. The summed E-state index contributed by atoms with van der Waals surface area (Å²) in [4.78, 5) is 15.8. The number of aryl methyl sites for hydroxylation is 1. The van der Waals surface area contributed by atoms with Gasteiger partial charge < -0.3 is 15.0 Å². The minimum Gasteiger partial charge on any atom is -0.466 e. The number of hydrogen-bond acceptors (Lipinski definition) is 4. The Labute approximate surface area is 123 Å². The molecule has 0 unspecified atom stereocenters. The second-order valence-corrected chi connectivity index (χ2v) is 5.61. The number of benzene rings is 1. The van der Waals surface area contributed by atoms with Crippen molar-refractivity contribution in [3.63, 3.8) is 0 Å². The number of aromatic nitrogens is 2. The van der Waals surface area contributed by atoms with E-state index in [4.69, 9.17) is 5.73 Å². The molecule has 3 rings (SSSR count). The van der Waals surface area contributed by atoms with E-state index in [0.717, 1.165) is 41.7 Å². The first kappa shape index (κ1) is 13.8. The van der Waals surface area contributed by atoms with Crippen molar-refractivity contribution in [3.8, 4) is 0 Å². The van der Waals surface area contributed by atoms with E-state index < -0.39 is 0 Å². The number of carbonyl (C=O) groups excluding carboxylic acids is 1. The van der Waals surface area contributed by atoms with Crippen molar-refractivity contribution >= 4 is 23.1 Å². The Bertz CT molecular complexity index is 726. The van der Waals surface area contributed by atoms with Gasteiger partial charge in [-0.15, -0.1) is 0 Å². The zero-order chi connectivity index (χ0) is 15.0. The third-order valence-electron chi connectivity index (χ3n) is 4.21. The van der Waals surface area contributed by atoms with Gasteiger partial charge in [-0.25, -0.2) is 9.78 Å². The molecular weight excluding hydrogens is 266 g/mol. The summed E-state index contributed by atoms with van der Waals surface area (Å²) in [5, 5.41) is 0. The first-order valence-electron chi connectivity index (χ1n) is 7.05. The van der Waals surface area contributed by atoms with Crippen LogP contribution >= 0.6 is 0 Å². The predicted octanol–water partition coefficient (Wildman–Crippen LogP) is 2.10. The van der Waals surface area contributed by atoms with Crippen molar-refractivity contribution in [3.05, 3.63) is 35.7 Å². The molecule has 1 aliphatic rings. The van der Waals surface area contributed by atoms with Gasteiger partial charge in [0.2, 0.25) is 0 Å². The number of hydrogen-bond donors (Lipinski definition) is 1. The maximum absolute atomic E-state index is 11.2. The first-order chi connectivity index (χ1) is 10.0. The molecule has 21 heavy (non-hydrogen) atoms.